The predicted molar refractivity (Wildman–Crippen MR) is 77.5 cm³/mol. The molecule has 3 N–H and O–H groups in total. The Kier molecular flexibility index (Phi) is 2.89. The van der Waals surface area contributed by atoms with E-state index in [2.05, 4.69) is 9.97 Å². The van der Waals surface area contributed by atoms with Gasteiger partial charge in [0.1, 0.15) is 5.65 Å². The Hall–Kier alpha value is -2.40. The van der Waals surface area contributed by atoms with Crippen LogP contribution in [0.4, 0.5) is 0 Å². The van der Waals surface area contributed by atoms with Crippen molar-refractivity contribution >= 4 is 39.9 Å². The van der Waals surface area contributed by atoms with Crippen LogP contribution in [0.1, 0.15) is 11.1 Å². The number of aromatic nitrogens is 2. The predicted octanol–water partition coefficient (Wildman–Crippen LogP) is 2.65. The first-order valence-electron chi connectivity index (χ1n) is 5.72. The fraction of sp³-hybridized carbons (Fsp3) is 0. The highest BCUT2D eigenvalue weighted by Gasteiger charge is 2.10. The van der Waals surface area contributed by atoms with Gasteiger partial charge in [-0.15, -0.1) is 0 Å². The topological polar surface area (TPSA) is 71.8 Å². The molecule has 0 aliphatic carbocycles. The van der Waals surface area contributed by atoms with Crippen molar-refractivity contribution < 1.29 is 4.79 Å². The molecule has 3 aromatic heterocycles. The van der Waals surface area contributed by atoms with Gasteiger partial charge in [0.05, 0.1) is 0 Å². The molecule has 0 aliphatic rings. The summed E-state index contributed by atoms with van der Waals surface area (Å²) in [5, 5.41) is 4.79. The number of primary amides is 1. The summed E-state index contributed by atoms with van der Waals surface area (Å²) in [4.78, 5) is 18.9. The number of nitrogens with one attached hydrogen (secondary N) is 1. The van der Waals surface area contributed by atoms with E-state index in [1.54, 1.807) is 12.3 Å². The molecule has 4 nitrogen and oxygen atoms in total. The molecule has 0 atom stereocenters. The number of hydrogen-bond acceptors (Lipinski definition) is 3. The highest BCUT2D eigenvalue weighted by atomic mass is 32.1. The molecule has 3 aromatic rings. The Balaban J connectivity index is 2.15. The number of nitrogens with two attached hydrogens (primary N) is 1. The number of carbonyl (C=O) groups excluding carboxylic acids is 1. The maximum Gasteiger partial charge on any atom is 0.249 e. The molecule has 1 amide bonds. The highest BCUT2D eigenvalue weighted by Crippen LogP contribution is 2.24. The van der Waals surface area contributed by atoms with E-state index in [4.69, 9.17) is 5.73 Å². The highest BCUT2D eigenvalue weighted by molar-refractivity contribution is 7.08. The molecule has 0 unspecified atom stereocenters. The third kappa shape index (κ3) is 2.15. The van der Waals surface area contributed by atoms with E-state index in [1.165, 1.54) is 11.3 Å². The lowest BCUT2D eigenvalue weighted by Gasteiger charge is -2.00. The van der Waals surface area contributed by atoms with Gasteiger partial charge in [-0.25, -0.2) is 4.98 Å². The molecule has 0 radical (unpaired) electrons. The fourth-order valence-corrected chi connectivity index (χ4v) is 2.62. The van der Waals surface area contributed by atoms with Crippen molar-refractivity contribution in [1.29, 1.82) is 0 Å². The average molecular weight is 269 g/mol. The normalized spacial score (nSPS) is 11.9. The van der Waals surface area contributed by atoms with Crippen LogP contribution in [0, 0.1) is 0 Å². The van der Waals surface area contributed by atoms with E-state index in [-0.39, 0.29) is 0 Å². The summed E-state index contributed by atoms with van der Waals surface area (Å²) in [5.41, 5.74) is 8.51. The first-order valence-corrected chi connectivity index (χ1v) is 6.66. The quantitative estimate of drug-likeness (QED) is 0.717. The number of aromatic amines is 1. The van der Waals surface area contributed by atoms with Gasteiger partial charge in [-0.2, -0.15) is 11.3 Å². The SMILES string of the molecule is NC(=O)/C(=C/c1c[nH]c2ncccc12)c1ccsc1. The summed E-state index contributed by atoms with van der Waals surface area (Å²) in [7, 11) is 0. The molecule has 94 valence electrons. The van der Waals surface area contributed by atoms with E-state index < -0.39 is 5.91 Å². The van der Waals surface area contributed by atoms with Crippen LogP contribution in [0.2, 0.25) is 0 Å². The summed E-state index contributed by atoms with van der Waals surface area (Å²) in [6.45, 7) is 0. The van der Waals surface area contributed by atoms with Crippen LogP contribution >= 0.6 is 11.3 Å². The third-order valence-corrected chi connectivity index (χ3v) is 3.56. The first-order chi connectivity index (χ1) is 9.25. The van der Waals surface area contributed by atoms with Crippen LogP contribution in [0.5, 0.6) is 0 Å². The van der Waals surface area contributed by atoms with Crippen molar-refractivity contribution in [2.45, 2.75) is 0 Å². The number of pyridine rings is 1. The summed E-state index contributed by atoms with van der Waals surface area (Å²) in [6, 6.07) is 5.70. The standard InChI is InChI=1S/C14H11N3OS/c15-13(18)12(9-3-5-19-8-9)6-10-7-17-14-11(10)2-1-4-16-14/h1-8H,(H2,15,18)(H,16,17)/b12-6+. The van der Waals surface area contributed by atoms with Gasteiger partial charge >= 0.3 is 0 Å². The Labute approximate surface area is 113 Å². The maximum absolute atomic E-state index is 11.6. The van der Waals surface area contributed by atoms with Gasteiger partial charge in [-0.05, 0) is 40.6 Å². The van der Waals surface area contributed by atoms with E-state index in [9.17, 15) is 4.79 Å². The van der Waals surface area contributed by atoms with Gasteiger partial charge in [0.2, 0.25) is 5.91 Å². The average Bonchev–Trinajstić information content (AvgIpc) is 3.05. The molecule has 0 aromatic carbocycles. The summed E-state index contributed by atoms with van der Waals surface area (Å²) in [5.74, 6) is -0.434. The van der Waals surface area contributed by atoms with Crippen molar-refractivity contribution in [2.24, 2.45) is 5.73 Å². The van der Waals surface area contributed by atoms with Gasteiger partial charge in [0.25, 0.3) is 0 Å². The molecular formula is C14H11N3OS. The molecule has 3 heterocycles. The number of carbonyl (C=O) groups is 1. The Morgan fingerprint density at radius 3 is 3.05 bits per heavy atom. The molecule has 0 saturated carbocycles. The minimum atomic E-state index is -0.434. The number of H-pyrrole nitrogens is 1. The Bertz CT molecular complexity index is 756. The van der Waals surface area contributed by atoms with E-state index in [0.717, 1.165) is 22.2 Å². The second-order valence-corrected chi connectivity index (χ2v) is 4.86. The smallest absolute Gasteiger partial charge is 0.249 e. The first kappa shape index (κ1) is 11.7. The van der Waals surface area contributed by atoms with Crippen molar-refractivity contribution in [2.75, 3.05) is 0 Å². The number of amides is 1. The van der Waals surface area contributed by atoms with Crippen molar-refractivity contribution in [3.05, 3.63) is 52.5 Å². The fourth-order valence-electron chi connectivity index (χ4n) is 1.97. The maximum atomic E-state index is 11.6. The lowest BCUT2D eigenvalue weighted by atomic mass is 10.1. The van der Waals surface area contributed by atoms with Gasteiger partial charge in [0.15, 0.2) is 0 Å². The van der Waals surface area contributed by atoms with Gasteiger partial charge < -0.3 is 10.7 Å². The molecule has 0 spiro atoms. The molecular weight excluding hydrogens is 258 g/mol. The number of fused-ring (bicyclic) bond motifs is 1. The number of hydrogen-bond donors (Lipinski definition) is 2. The van der Waals surface area contributed by atoms with E-state index in [0.29, 0.717) is 5.57 Å². The summed E-state index contributed by atoms with van der Waals surface area (Å²) >= 11 is 1.53. The molecule has 3 rings (SSSR count). The second kappa shape index (κ2) is 4.70. The monoisotopic (exact) mass is 269 g/mol. The zero-order valence-corrected chi connectivity index (χ0v) is 10.8. The molecule has 19 heavy (non-hydrogen) atoms. The Morgan fingerprint density at radius 2 is 2.32 bits per heavy atom. The lowest BCUT2D eigenvalue weighted by Crippen LogP contribution is -2.12. The molecule has 0 fully saturated rings. The zero-order valence-electron chi connectivity index (χ0n) is 9.96. The van der Waals surface area contributed by atoms with E-state index >= 15 is 0 Å². The van der Waals surface area contributed by atoms with Crippen LogP contribution in [-0.4, -0.2) is 15.9 Å². The van der Waals surface area contributed by atoms with Crippen LogP contribution in [0.25, 0.3) is 22.7 Å². The van der Waals surface area contributed by atoms with Gasteiger partial charge in [-0.3, -0.25) is 4.79 Å². The van der Waals surface area contributed by atoms with E-state index in [1.807, 2.05) is 35.2 Å². The minimum absolute atomic E-state index is 0.434. The van der Waals surface area contributed by atoms with Gasteiger partial charge in [-0.1, -0.05) is 0 Å². The van der Waals surface area contributed by atoms with Crippen molar-refractivity contribution in [3.63, 3.8) is 0 Å². The number of nitrogens with zero attached hydrogens (tertiary/aromatic N) is 1. The van der Waals surface area contributed by atoms with Crippen LogP contribution in [0.3, 0.4) is 0 Å². The van der Waals surface area contributed by atoms with Gasteiger partial charge in [0, 0.05) is 28.9 Å². The summed E-state index contributed by atoms with van der Waals surface area (Å²) < 4.78 is 0. The lowest BCUT2D eigenvalue weighted by molar-refractivity contribution is -0.112. The molecule has 0 aliphatic heterocycles. The molecule has 5 heteroatoms. The van der Waals surface area contributed by atoms with Crippen LogP contribution < -0.4 is 5.73 Å². The number of thiophene rings is 1. The second-order valence-electron chi connectivity index (χ2n) is 4.08. The van der Waals surface area contributed by atoms with Crippen molar-refractivity contribution in [1.82, 2.24) is 9.97 Å². The largest absolute Gasteiger partial charge is 0.366 e. The van der Waals surface area contributed by atoms with Crippen LogP contribution in [0.15, 0.2) is 41.4 Å². The number of rotatable bonds is 3. The Morgan fingerprint density at radius 1 is 1.42 bits per heavy atom. The minimum Gasteiger partial charge on any atom is -0.366 e. The zero-order chi connectivity index (χ0) is 13.2. The molecule has 0 saturated heterocycles. The molecule has 0 bridgehead atoms. The summed E-state index contributed by atoms with van der Waals surface area (Å²) in [6.07, 6.45) is 5.35. The third-order valence-electron chi connectivity index (χ3n) is 2.88. The van der Waals surface area contributed by atoms with Crippen LogP contribution in [-0.2, 0) is 4.79 Å². The van der Waals surface area contributed by atoms with Crippen molar-refractivity contribution in [3.8, 4) is 0 Å².